The summed E-state index contributed by atoms with van der Waals surface area (Å²) in [6.45, 7) is 5.55. The van der Waals surface area contributed by atoms with Crippen molar-refractivity contribution in [3.8, 4) is 0 Å². The predicted molar refractivity (Wildman–Crippen MR) is 80.5 cm³/mol. The van der Waals surface area contributed by atoms with Gasteiger partial charge in [0.05, 0.1) is 12.9 Å². The number of ketones is 1. The van der Waals surface area contributed by atoms with Gasteiger partial charge in [0.25, 0.3) is 10.1 Å². The maximum Gasteiger partial charge on any atom is 0.404 e. The van der Waals surface area contributed by atoms with Gasteiger partial charge in [0, 0.05) is 11.5 Å². The second kappa shape index (κ2) is 7.55. The molecule has 0 bridgehead atoms. The fraction of sp³-hybridized carbons (Fsp3) is 0.571. The van der Waals surface area contributed by atoms with Gasteiger partial charge < -0.3 is 10.5 Å². The average molecular weight is 331 g/mol. The van der Waals surface area contributed by atoms with E-state index in [2.05, 4.69) is 10.8 Å². The number of rotatable bonds is 8. The van der Waals surface area contributed by atoms with E-state index in [0.29, 0.717) is 30.4 Å². The molecule has 0 saturated carbocycles. The van der Waals surface area contributed by atoms with Crippen LogP contribution in [0, 0.1) is 5.92 Å². The molecule has 1 aliphatic rings. The van der Waals surface area contributed by atoms with E-state index in [0.717, 1.165) is 11.8 Å². The lowest BCUT2D eigenvalue weighted by Gasteiger charge is -2.15. The highest BCUT2D eigenvalue weighted by atomic mass is 32.2. The zero-order valence-electron chi connectivity index (χ0n) is 12.8. The van der Waals surface area contributed by atoms with Crippen LogP contribution >= 0.6 is 0 Å². The quantitative estimate of drug-likeness (QED) is 0.407. The number of ether oxygens (including phenoxy) is 1. The van der Waals surface area contributed by atoms with Gasteiger partial charge in [0.2, 0.25) is 0 Å². The van der Waals surface area contributed by atoms with E-state index in [4.69, 9.17) is 10.5 Å². The highest BCUT2D eigenvalue weighted by Gasteiger charge is 2.33. The van der Waals surface area contributed by atoms with Crippen molar-refractivity contribution in [2.24, 2.45) is 11.7 Å². The lowest BCUT2D eigenvalue weighted by Crippen LogP contribution is -2.20. The second-order valence-electron chi connectivity index (χ2n) is 5.17. The normalized spacial score (nSPS) is 18.9. The minimum absolute atomic E-state index is 0.00752. The zero-order valence-corrected chi connectivity index (χ0v) is 13.6. The highest BCUT2D eigenvalue weighted by Crippen LogP contribution is 2.36. The number of amides is 1. The van der Waals surface area contributed by atoms with Crippen LogP contribution in [-0.2, 0) is 23.8 Å². The molecule has 22 heavy (non-hydrogen) atoms. The first-order valence-corrected chi connectivity index (χ1v) is 8.65. The van der Waals surface area contributed by atoms with Crippen molar-refractivity contribution in [2.45, 2.75) is 26.2 Å². The van der Waals surface area contributed by atoms with Gasteiger partial charge in [-0.15, -0.1) is 0 Å². The topological polar surface area (TPSA) is 113 Å². The number of carbonyl (C=O) groups is 2. The summed E-state index contributed by atoms with van der Waals surface area (Å²) in [5.74, 6) is -0.490. The Kier molecular flexibility index (Phi) is 6.31. The summed E-state index contributed by atoms with van der Waals surface area (Å²) in [5, 5.41) is 0. The Bertz CT molecular complexity index is 605. The van der Waals surface area contributed by atoms with Crippen LogP contribution in [0.3, 0.4) is 0 Å². The molecule has 0 saturated heterocycles. The number of hydrogen-bond acceptors (Lipinski definition) is 6. The Morgan fingerprint density at radius 2 is 2.00 bits per heavy atom. The molecule has 1 aliphatic carbocycles. The van der Waals surface area contributed by atoms with Gasteiger partial charge >= 0.3 is 6.09 Å². The van der Waals surface area contributed by atoms with Gasteiger partial charge in [-0.05, 0) is 31.8 Å². The molecule has 1 rings (SSSR count). The van der Waals surface area contributed by atoms with Crippen molar-refractivity contribution in [2.75, 3.05) is 19.5 Å². The Morgan fingerprint density at radius 3 is 2.55 bits per heavy atom. The fourth-order valence-corrected chi connectivity index (χ4v) is 2.79. The molecule has 0 heterocycles. The van der Waals surface area contributed by atoms with E-state index in [9.17, 15) is 18.0 Å². The van der Waals surface area contributed by atoms with Crippen LogP contribution < -0.4 is 5.73 Å². The molecule has 0 aliphatic heterocycles. The summed E-state index contributed by atoms with van der Waals surface area (Å²) in [7, 11) is -3.43. The third kappa shape index (κ3) is 5.27. The monoisotopic (exact) mass is 331 g/mol. The van der Waals surface area contributed by atoms with Gasteiger partial charge in [0.15, 0.2) is 5.78 Å². The summed E-state index contributed by atoms with van der Waals surface area (Å²) < 4.78 is 31.1. The van der Waals surface area contributed by atoms with E-state index in [1.807, 2.05) is 0 Å². The van der Waals surface area contributed by atoms with E-state index >= 15 is 0 Å². The van der Waals surface area contributed by atoms with Crippen molar-refractivity contribution >= 4 is 22.0 Å². The van der Waals surface area contributed by atoms with Crippen LogP contribution in [0.2, 0.25) is 0 Å². The molecule has 0 aromatic carbocycles. The third-order valence-corrected chi connectivity index (χ3v) is 4.08. The Labute approximate surface area is 130 Å². The molecule has 124 valence electrons. The van der Waals surface area contributed by atoms with Gasteiger partial charge in [-0.2, -0.15) is 8.42 Å². The summed E-state index contributed by atoms with van der Waals surface area (Å²) in [6, 6.07) is 0. The van der Waals surface area contributed by atoms with Gasteiger partial charge in [0.1, 0.15) is 6.61 Å². The van der Waals surface area contributed by atoms with E-state index in [1.165, 1.54) is 0 Å². The second-order valence-corrected chi connectivity index (χ2v) is 6.81. The first kappa shape index (κ1) is 18.4. The predicted octanol–water partition coefficient (Wildman–Crippen LogP) is 1.30. The van der Waals surface area contributed by atoms with Crippen LogP contribution in [0.25, 0.3) is 0 Å². The number of allylic oxidation sites excluding steroid dienone is 1. The van der Waals surface area contributed by atoms with Crippen molar-refractivity contribution < 1.29 is 26.9 Å². The Morgan fingerprint density at radius 1 is 1.36 bits per heavy atom. The molecule has 0 aromatic rings. The number of Topliss-reactive ketones (excluding diaryl/α,β-unsaturated/α-hetero) is 1. The van der Waals surface area contributed by atoms with Crippen molar-refractivity contribution in [3.63, 3.8) is 0 Å². The molecule has 0 spiro atoms. The molecule has 8 heteroatoms. The largest absolute Gasteiger partial charge is 0.449 e. The SMILES string of the molecule is C=C1C(=O)C(C)=C(CCCCOS(C)(=O)=O)C1COC(N)=O. The number of nitrogens with two attached hydrogens (primary N) is 1. The van der Waals surface area contributed by atoms with Gasteiger partial charge in [-0.1, -0.05) is 12.2 Å². The van der Waals surface area contributed by atoms with Crippen LogP contribution in [0.5, 0.6) is 0 Å². The smallest absolute Gasteiger partial charge is 0.404 e. The van der Waals surface area contributed by atoms with E-state index in [1.54, 1.807) is 6.92 Å². The first-order chi connectivity index (χ1) is 10.1. The minimum atomic E-state index is -3.43. The summed E-state index contributed by atoms with van der Waals surface area (Å²) in [5.41, 5.74) is 6.80. The molecule has 1 unspecified atom stereocenters. The highest BCUT2D eigenvalue weighted by molar-refractivity contribution is 7.85. The number of primary amides is 1. The average Bonchev–Trinajstić information content (AvgIpc) is 2.59. The molecule has 0 aromatic heterocycles. The molecule has 0 fully saturated rings. The standard InChI is InChI=1S/C14H21NO6S/c1-9-11(6-4-5-7-21-22(3,18)19)12(8-20-14(15)17)10(2)13(9)16/h12H,2,4-8H2,1,3H3,(H2,15,17). The minimum Gasteiger partial charge on any atom is -0.449 e. The van der Waals surface area contributed by atoms with E-state index in [-0.39, 0.29) is 24.9 Å². The zero-order chi connectivity index (χ0) is 16.9. The molecule has 0 radical (unpaired) electrons. The molecule has 2 N–H and O–H groups in total. The summed E-state index contributed by atoms with van der Waals surface area (Å²) in [4.78, 5) is 22.7. The number of unbranched alkanes of at least 4 members (excludes halogenated alkanes) is 1. The van der Waals surface area contributed by atoms with Gasteiger partial charge in [-0.3, -0.25) is 8.98 Å². The fourth-order valence-electron chi connectivity index (χ4n) is 2.37. The Hall–Kier alpha value is -1.67. The van der Waals surface area contributed by atoms with Crippen LogP contribution in [0.1, 0.15) is 26.2 Å². The number of carbonyl (C=O) groups excluding carboxylic acids is 2. The molecule has 7 nitrogen and oxygen atoms in total. The lowest BCUT2D eigenvalue weighted by atomic mass is 9.94. The molecule has 1 atom stereocenters. The maximum absolute atomic E-state index is 12.0. The van der Waals surface area contributed by atoms with E-state index < -0.39 is 16.2 Å². The third-order valence-electron chi connectivity index (χ3n) is 3.49. The Balaban J connectivity index is 2.58. The van der Waals surface area contributed by atoms with Crippen LogP contribution in [0.15, 0.2) is 23.3 Å². The molecular formula is C14H21NO6S. The van der Waals surface area contributed by atoms with Crippen LogP contribution in [0.4, 0.5) is 4.79 Å². The summed E-state index contributed by atoms with van der Waals surface area (Å²) >= 11 is 0. The van der Waals surface area contributed by atoms with Crippen molar-refractivity contribution in [1.29, 1.82) is 0 Å². The molecule has 1 amide bonds. The number of hydrogen-bond donors (Lipinski definition) is 1. The van der Waals surface area contributed by atoms with Crippen LogP contribution in [-0.4, -0.2) is 39.8 Å². The van der Waals surface area contributed by atoms with Crippen molar-refractivity contribution in [1.82, 2.24) is 0 Å². The molecular weight excluding hydrogens is 310 g/mol. The summed E-state index contributed by atoms with van der Waals surface area (Å²) in [6.07, 6.45) is 1.86. The first-order valence-electron chi connectivity index (χ1n) is 6.83. The van der Waals surface area contributed by atoms with Crippen molar-refractivity contribution in [3.05, 3.63) is 23.3 Å². The maximum atomic E-state index is 12.0. The van der Waals surface area contributed by atoms with Gasteiger partial charge in [-0.25, -0.2) is 4.79 Å². The lowest BCUT2D eigenvalue weighted by molar-refractivity contribution is -0.112.